The number of fused-ring (bicyclic) bond motifs is 3. The van der Waals surface area contributed by atoms with Crippen molar-refractivity contribution in [3.63, 3.8) is 0 Å². The number of hydrogen-bond acceptors (Lipinski definition) is 7. The van der Waals surface area contributed by atoms with Gasteiger partial charge in [0.1, 0.15) is 18.9 Å². The SMILES string of the molecule is CCCCCCCCCC(O)N[C@@H](CNC(=O)OCC1c2ccccc2-c2ccccc21)C(=O)N[C@@H](CC(C)C)B1O[C@@H]2C[C@@H]3C[C@@H](C3(C)C)[C@]2(C)O1. The average Bonchev–Trinajstić information content (AvgIpc) is 3.66. The van der Waals surface area contributed by atoms with Crippen molar-refractivity contribution < 1.29 is 28.7 Å². The van der Waals surface area contributed by atoms with E-state index in [1.807, 2.05) is 24.3 Å². The van der Waals surface area contributed by atoms with Gasteiger partial charge in [-0.3, -0.25) is 10.1 Å². The second-order valence-electron chi connectivity index (χ2n) is 17.4. The van der Waals surface area contributed by atoms with Crippen LogP contribution in [0.25, 0.3) is 11.1 Å². The van der Waals surface area contributed by atoms with Crippen LogP contribution < -0.4 is 16.0 Å². The smallest absolute Gasteiger partial charge is 0.449 e. The van der Waals surface area contributed by atoms with Gasteiger partial charge in [-0.25, -0.2) is 4.79 Å². The third-order valence-corrected chi connectivity index (χ3v) is 12.9. The van der Waals surface area contributed by atoms with E-state index in [1.54, 1.807) is 0 Å². The van der Waals surface area contributed by atoms with Crippen LogP contribution in [-0.4, -0.2) is 67.3 Å². The van der Waals surface area contributed by atoms with Crippen LogP contribution in [0.1, 0.15) is 129 Å². The fraction of sp³-hybridized carbons (Fsp3) is 0.674. The minimum atomic E-state index is -0.899. The molecule has 2 bridgehead atoms. The number of amides is 2. The zero-order valence-electron chi connectivity index (χ0n) is 33.0. The first kappa shape index (κ1) is 39.8. The number of nitrogens with one attached hydrogen (secondary N) is 3. The van der Waals surface area contributed by atoms with Crippen LogP contribution in [0.3, 0.4) is 0 Å². The van der Waals surface area contributed by atoms with Gasteiger partial charge >= 0.3 is 13.2 Å². The molecule has 290 valence electrons. The molecule has 0 spiro atoms. The van der Waals surface area contributed by atoms with Crippen molar-refractivity contribution in [2.75, 3.05) is 13.2 Å². The number of unbranched alkanes of at least 4 members (excludes halogenated alkanes) is 6. The molecule has 9 nitrogen and oxygen atoms in total. The zero-order chi connectivity index (χ0) is 37.8. The molecule has 0 aromatic heterocycles. The molecule has 7 atom stereocenters. The normalized spacial score (nSPS) is 25.5. The van der Waals surface area contributed by atoms with E-state index in [1.165, 1.54) is 25.7 Å². The van der Waals surface area contributed by atoms with E-state index in [0.717, 1.165) is 54.4 Å². The minimum Gasteiger partial charge on any atom is -0.449 e. The van der Waals surface area contributed by atoms with Crippen molar-refractivity contribution in [1.82, 2.24) is 16.0 Å². The predicted molar refractivity (Wildman–Crippen MR) is 210 cm³/mol. The lowest BCUT2D eigenvalue weighted by atomic mass is 9.43. The summed E-state index contributed by atoms with van der Waals surface area (Å²) in [5.74, 6) is 0.549. The Morgan fingerprint density at radius 1 is 0.943 bits per heavy atom. The number of aliphatic hydroxyl groups is 1. The van der Waals surface area contributed by atoms with Crippen LogP contribution in [0.5, 0.6) is 0 Å². The third kappa shape index (κ3) is 8.82. The number of aliphatic hydroxyl groups excluding tert-OH is 1. The Hall–Kier alpha value is -2.92. The maximum absolute atomic E-state index is 14.1. The highest BCUT2D eigenvalue weighted by molar-refractivity contribution is 6.48. The van der Waals surface area contributed by atoms with Crippen LogP contribution in [0, 0.1) is 23.2 Å². The molecule has 1 saturated heterocycles. The molecule has 3 saturated carbocycles. The molecule has 53 heavy (non-hydrogen) atoms. The van der Waals surface area contributed by atoms with Crippen molar-refractivity contribution in [3.8, 4) is 11.1 Å². The van der Waals surface area contributed by atoms with Gasteiger partial charge < -0.3 is 29.8 Å². The highest BCUT2D eigenvalue weighted by atomic mass is 16.7. The molecule has 5 aliphatic rings. The fourth-order valence-corrected chi connectivity index (χ4v) is 9.77. The third-order valence-electron chi connectivity index (χ3n) is 12.9. The predicted octanol–water partition coefficient (Wildman–Crippen LogP) is 7.74. The van der Waals surface area contributed by atoms with Gasteiger partial charge in [0.25, 0.3) is 0 Å². The van der Waals surface area contributed by atoms with Crippen molar-refractivity contribution in [3.05, 3.63) is 59.7 Å². The number of carbonyl (C=O) groups excluding carboxylic acids is 2. The van der Waals surface area contributed by atoms with Crippen LogP contribution >= 0.6 is 0 Å². The van der Waals surface area contributed by atoms with Crippen molar-refractivity contribution >= 4 is 19.1 Å². The maximum Gasteiger partial charge on any atom is 0.481 e. The summed E-state index contributed by atoms with van der Waals surface area (Å²) < 4.78 is 19.2. The van der Waals surface area contributed by atoms with Crippen LogP contribution in [0.15, 0.2) is 48.5 Å². The van der Waals surface area contributed by atoms with E-state index in [0.29, 0.717) is 24.7 Å². The molecular formula is C43H64BN3O6. The monoisotopic (exact) mass is 729 g/mol. The highest BCUT2D eigenvalue weighted by Gasteiger charge is 2.68. The fourth-order valence-electron chi connectivity index (χ4n) is 9.77. The van der Waals surface area contributed by atoms with E-state index >= 15 is 0 Å². The number of alkyl carbamates (subject to hydrolysis) is 1. The van der Waals surface area contributed by atoms with Gasteiger partial charge in [-0.05, 0) is 84.5 Å². The molecule has 10 heteroatoms. The topological polar surface area (TPSA) is 118 Å². The molecule has 2 aromatic carbocycles. The van der Waals surface area contributed by atoms with Gasteiger partial charge in [0.15, 0.2) is 0 Å². The lowest BCUT2D eigenvalue weighted by molar-refractivity contribution is -0.199. The standard InChI is InChI=1S/C43H64BN3O6/c1-7-8-9-10-11-12-13-22-39(48)46-35(26-45-41(50)51-27-34-32-20-16-14-18-30(32)31-19-15-17-21-33(31)34)40(49)47-38(23-28(2)3)44-52-37-25-29-24-36(42(29,4)5)43(37,6)53-44/h14-21,28-29,34-39,46,48H,7-13,22-27H2,1-6H3,(H,45,50)(H,47,49)/t29-,35-,36-,37+,38-,39?,43-/m0/s1. The van der Waals surface area contributed by atoms with Crippen molar-refractivity contribution in [2.24, 2.45) is 23.2 Å². The van der Waals surface area contributed by atoms with Crippen molar-refractivity contribution in [1.29, 1.82) is 0 Å². The van der Waals surface area contributed by atoms with Gasteiger partial charge in [0.05, 0.1) is 17.6 Å². The molecular weight excluding hydrogens is 665 g/mol. The molecule has 1 aliphatic heterocycles. The number of carbonyl (C=O) groups is 2. The minimum absolute atomic E-state index is 0.00351. The van der Waals surface area contributed by atoms with Crippen molar-refractivity contribution in [2.45, 2.75) is 148 Å². The molecule has 0 radical (unpaired) electrons. The molecule has 4 N–H and O–H groups in total. The summed E-state index contributed by atoms with van der Waals surface area (Å²) in [5, 5.41) is 20.3. The molecule has 2 amide bonds. The van der Waals surface area contributed by atoms with E-state index < -0.39 is 25.5 Å². The Kier molecular flexibility index (Phi) is 13.0. The highest BCUT2D eigenvalue weighted by Crippen LogP contribution is 2.65. The molecule has 7 rings (SSSR count). The second kappa shape index (κ2) is 17.3. The lowest BCUT2D eigenvalue weighted by Gasteiger charge is -2.64. The van der Waals surface area contributed by atoms with Gasteiger partial charge in [-0.1, -0.05) is 122 Å². The summed E-state index contributed by atoms with van der Waals surface area (Å²) >= 11 is 0. The molecule has 1 unspecified atom stereocenters. The Labute approximate surface area is 318 Å². The zero-order valence-corrected chi connectivity index (χ0v) is 33.0. The van der Waals surface area contributed by atoms with E-state index in [4.69, 9.17) is 14.0 Å². The maximum atomic E-state index is 14.1. The first-order valence-corrected chi connectivity index (χ1v) is 20.6. The second-order valence-corrected chi connectivity index (χ2v) is 17.4. The van der Waals surface area contributed by atoms with Gasteiger partial charge in [0.2, 0.25) is 5.91 Å². The van der Waals surface area contributed by atoms with Crippen LogP contribution in [-0.2, 0) is 18.8 Å². The van der Waals surface area contributed by atoms with E-state index in [9.17, 15) is 14.7 Å². The first-order valence-electron chi connectivity index (χ1n) is 20.6. The van der Waals surface area contributed by atoms with E-state index in [-0.39, 0.29) is 54.0 Å². The van der Waals surface area contributed by atoms with Crippen LogP contribution in [0.4, 0.5) is 4.79 Å². The van der Waals surface area contributed by atoms with Gasteiger partial charge in [-0.15, -0.1) is 0 Å². The Morgan fingerprint density at radius 3 is 2.23 bits per heavy atom. The number of ether oxygens (including phenoxy) is 1. The summed E-state index contributed by atoms with van der Waals surface area (Å²) in [5.41, 5.74) is 4.41. The lowest BCUT2D eigenvalue weighted by Crippen LogP contribution is -2.65. The van der Waals surface area contributed by atoms with Crippen LogP contribution in [0.2, 0.25) is 0 Å². The largest absolute Gasteiger partial charge is 0.481 e. The quantitative estimate of drug-likeness (QED) is 0.0664. The molecule has 4 fully saturated rings. The Morgan fingerprint density at radius 2 is 1.58 bits per heavy atom. The number of rotatable bonds is 19. The number of benzene rings is 2. The molecule has 2 aromatic rings. The Bertz CT molecular complexity index is 1510. The summed E-state index contributed by atoms with van der Waals surface area (Å²) in [6, 6.07) is 15.6. The molecule has 4 aliphatic carbocycles. The first-order chi connectivity index (χ1) is 25.4. The summed E-state index contributed by atoms with van der Waals surface area (Å²) in [6.07, 6.45) is 9.75. The summed E-state index contributed by atoms with van der Waals surface area (Å²) in [6.45, 7) is 13.5. The number of hydrogen-bond donors (Lipinski definition) is 4. The summed E-state index contributed by atoms with van der Waals surface area (Å²) in [7, 11) is -0.570. The van der Waals surface area contributed by atoms with E-state index in [2.05, 4.69) is 81.8 Å². The Balaban J connectivity index is 1.09. The molecule has 1 heterocycles. The van der Waals surface area contributed by atoms with Gasteiger partial charge in [0, 0.05) is 12.5 Å². The average molecular weight is 730 g/mol. The summed E-state index contributed by atoms with van der Waals surface area (Å²) in [4.78, 5) is 27.3. The van der Waals surface area contributed by atoms with Gasteiger partial charge in [-0.2, -0.15) is 0 Å².